The van der Waals surface area contributed by atoms with Crippen LogP contribution in [0.2, 0.25) is 0 Å². The Bertz CT molecular complexity index is 427. The van der Waals surface area contributed by atoms with Crippen molar-refractivity contribution in [1.82, 2.24) is 5.32 Å². The number of nitrogens with one attached hydrogen (secondary N) is 1. The van der Waals surface area contributed by atoms with E-state index in [1.54, 1.807) is 6.07 Å². The molecule has 0 saturated heterocycles. The fourth-order valence-electron chi connectivity index (χ4n) is 2.02. The second kappa shape index (κ2) is 7.29. The summed E-state index contributed by atoms with van der Waals surface area (Å²) in [5.41, 5.74) is 8.18. The fraction of sp³-hybridized carbons (Fsp3) is 0.562. The summed E-state index contributed by atoms with van der Waals surface area (Å²) < 4.78 is 0. The molecule has 106 valence electrons. The molecule has 0 spiro atoms. The van der Waals surface area contributed by atoms with Gasteiger partial charge in [-0.15, -0.1) is 0 Å². The molecule has 0 aliphatic rings. The molecule has 0 radical (unpaired) electrons. The van der Waals surface area contributed by atoms with Crippen molar-refractivity contribution in [2.45, 2.75) is 53.1 Å². The van der Waals surface area contributed by atoms with Crippen molar-refractivity contribution in [1.29, 1.82) is 0 Å². The van der Waals surface area contributed by atoms with Gasteiger partial charge < -0.3 is 11.1 Å². The van der Waals surface area contributed by atoms with Crippen LogP contribution in [0.15, 0.2) is 18.2 Å². The van der Waals surface area contributed by atoms with Crippen LogP contribution >= 0.6 is 0 Å². The molecule has 0 aliphatic carbocycles. The Hall–Kier alpha value is -1.35. The summed E-state index contributed by atoms with van der Waals surface area (Å²) >= 11 is 0. The van der Waals surface area contributed by atoms with Crippen LogP contribution in [0.25, 0.3) is 0 Å². The number of aryl methyl sites for hydroxylation is 1. The first-order valence-corrected chi connectivity index (χ1v) is 7.03. The van der Waals surface area contributed by atoms with E-state index in [4.69, 9.17) is 5.73 Å². The van der Waals surface area contributed by atoms with E-state index < -0.39 is 0 Å². The molecule has 0 fully saturated rings. The SMILES string of the molecule is Cc1cc(C(N)=O)ccc1CNC(C)CCC(C)C. The normalized spacial score (nSPS) is 12.7. The Kier molecular flexibility index (Phi) is 6.03. The van der Waals surface area contributed by atoms with Crippen molar-refractivity contribution in [2.24, 2.45) is 11.7 Å². The first-order chi connectivity index (χ1) is 8.90. The minimum atomic E-state index is -0.368. The summed E-state index contributed by atoms with van der Waals surface area (Å²) in [7, 11) is 0. The quantitative estimate of drug-likeness (QED) is 0.793. The van der Waals surface area contributed by atoms with E-state index >= 15 is 0 Å². The molecule has 0 aliphatic heterocycles. The summed E-state index contributed by atoms with van der Waals surface area (Å²) in [5, 5.41) is 3.53. The van der Waals surface area contributed by atoms with Crippen molar-refractivity contribution in [3.63, 3.8) is 0 Å². The first-order valence-electron chi connectivity index (χ1n) is 7.03. The molecule has 19 heavy (non-hydrogen) atoms. The van der Waals surface area contributed by atoms with Gasteiger partial charge in [-0.1, -0.05) is 19.9 Å². The van der Waals surface area contributed by atoms with Crippen LogP contribution in [0.4, 0.5) is 0 Å². The zero-order valence-electron chi connectivity index (χ0n) is 12.5. The minimum Gasteiger partial charge on any atom is -0.366 e. The molecule has 3 nitrogen and oxygen atoms in total. The zero-order chi connectivity index (χ0) is 14.4. The van der Waals surface area contributed by atoms with Crippen molar-refractivity contribution >= 4 is 5.91 Å². The third-order valence-corrected chi connectivity index (χ3v) is 3.45. The van der Waals surface area contributed by atoms with Gasteiger partial charge in [0.1, 0.15) is 0 Å². The second-order valence-electron chi connectivity index (χ2n) is 5.76. The van der Waals surface area contributed by atoms with E-state index in [0.717, 1.165) is 18.0 Å². The predicted molar refractivity (Wildman–Crippen MR) is 80.1 cm³/mol. The molecule has 1 amide bonds. The van der Waals surface area contributed by atoms with Crippen molar-refractivity contribution in [3.8, 4) is 0 Å². The summed E-state index contributed by atoms with van der Waals surface area (Å²) in [6.45, 7) is 9.57. The number of hydrogen-bond acceptors (Lipinski definition) is 2. The standard InChI is InChI=1S/C16H26N2O/c1-11(2)5-6-13(4)18-10-15-8-7-14(16(17)19)9-12(15)3/h7-9,11,13,18H,5-6,10H2,1-4H3,(H2,17,19). The average molecular weight is 262 g/mol. The zero-order valence-corrected chi connectivity index (χ0v) is 12.5. The number of carbonyl (C=O) groups is 1. The van der Waals surface area contributed by atoms with Gasteiger partial charge >= 0.3 is 0 Å². The molecule has 0 aromatic heterocycles. The van der Waals surface area contributed by atoms with Gasteiger partial charge in [-0.25, -0.2) is 0 Å². The monoisotopic (exact) mass is 262 g/mol. The third-order valence-electron chi connectivity index (χ3n) is 3.45. The summed E-state index contributed by atoms with van der Waals surface area (Å²) in [6, 6.07) is 6.15. The Morgan fingerprint density at radius 2 is 1.95 bits per heavy atom. The van der Waals surface area contributed by atoms with Crippen molar-refractivity contribution in [3.05, 3.63) is 34.9 Å². The smallest absolute Gasteiger partial charge is 0.248 e. The van der Waals surface area contributed by atoms with Crippen LogP contribution < -0.4 is 11.1 Å². The van der Waals surface area contributed by atoms with Gasteiger partial charge in [0.2, 0.25) is 5.91 Å². The van der Waals surface area contributed by atoms with Gasteiger partial charge in [0.15, 0.2) is 0 Å². The highest BCUT2D eigenvalue weighted by molar-refractivity contribution is 5.93. The van der Waals surface area contributed by atoms with Gasteiger partial charge in [0.05, 0.1) is 0 Å². The number of carbonyl (C=O) groups excluding carboxylic acids is 1. The first kappa shape index (κ1) is 15.7. The van der Waals surface area contributed by atoms with Crippen LogP contribution in [-0.4, -0.2) is 11.9 Å². The van der Waals surface area contributed by atoms with E-state index in [9.17, 15) is 4.79 Å². The largest absolute Gasteiger partial charge is 0.366 e. The molecule has 1 aromatic carbocycles. The maximum atomic E-state index is 11.1. The molecule has 0 heterocycles. The highest BCUT2D eigenvalue weighted by Crippen LogP contribution is 2.12. The molecule has 1 unspecified atom stereocenters. The summed E-state index contributed by atoms with van der Waals surface area (Å²) in [4.78, 5) is 11.1. The van der Waals surface area contributed by atoms with Gasteiger partial charge in [-0.3, -0.25) is 4.79 Å². The summed E-state index contributed by atoms with van der Waals surface area (Å²) in [6.07, 6.45) is 2.43. The molecule has 3 N–H and O–H groups in total. The van der Waals surface area contributed by atoms with E-state index in [0.29, 0.717) is 11.6 Å². The lowest BCUT2D eigenvalue weighted by molar-refractivity contribution is 0.1000. The molecule has 0 bridgehead atoms. The van der Waals surface area contributed by atoms with Gasteiger partial charge in [0, 0.05) is 18.2 Å². The van der Waals surface area contributed by atoms with E-state index in [2.05, 4.69) is 26.1 Å². The lowest BCUT2D eigenvalue weighted by atomic mass is 10.0. The fourth-order valence-corrected chi connectivity index (χ4v) is 2.02. The molecular formula is C16H26N2O. The molecule has 0 saturated carbocycles. The van der Waals surface area contributed by atoms with Gasteiger partial charge in [-0.2, -0.15) is 0 Å². The average Bonchev–Trinajstić information content (AvgIpc) is 2.34. The number of primary amides is 1. The number of hydrogen-bond donors (Lipinski definition) is 2. The highest BCUT2D eigenvalue weighted by atomic mass is 16.1. The molecule has 1 atom stereocenters. The van der Waals surface area contributed by atoms with E-state index in [-0.39, 0.29) is 5.91 Å². The Balaban J connectivity index is 2.51. The number of amides is 1. The maximum Gasteiger partial charge on any atom is 0.248 e. The molecular weight excluding hydrogens is 236 g/mol. The van der Waals surface area contributed by atoms with E-state index in [1.165, 1.54) is 18.4 Å². The number of nitrogens with two attached hydrogens (primary N) is 1. The van der Waals surface area contributed by atoms with Crippen molar-refractivity contribution < 1.29 is 4.79 Å². The van der Waals surface area contributed by atoms with Crippen LogP contribution in [-0.2, 0) is 6.54 Å². The number of rotatable bonds is 7. The van der Waals surface area contributed by atoms with Gasteiger partial charge in [0.25, 0.3) is 0 Å². The number of benzene rings is 1. The minimum absolute atomic E-state index is 0.368. The topological polar surface area (TPSA) is 55.1 Å². The van der Waals surface area contributed by atoms with Gasteiger partial charge in [-0.05, 0) is 55.9 Å². The Labute approximate surface area is 116 Å². The van der Waals surface area contributed by atoms with Crippen LogP contribution in [0, 0.1) is 12.8 Å². The van der Waals surface area contributed by atoms with E-state index in [1.807, 2.05) is 19.1 Å². The Morgan fingerprint density at radius 3 is 2.47 bits per heavy atom. The second-order valence-corrected chi connectivity index (χ2v) is 5.76. The molecule has 1 rings (SSSR count). The molecule has 1 aromatic rings. The Morgan fingerprint density at radius 1 is 1.26 bits per heavy atom. The van der Waals surface area contributed by atoms with Crippen LogP contribution in [0.1, 0.15) is 55.1 Å². The predicted octanol–water partition coefficient (Wildman–Crippen LogP) is 3.01. The lowest BCUT2D eigenvalue weighted by Crippen LogP contribution is -2.26. The summed E-state index contributed by atoms with van der Waals surface area (Å²) in [5.74, 6) is 0.383. The molecule has 3 heteroatoms. The van der Waals surface area contributed by atoms with Crippen molar-refractivity contribution in [2.75, 3.05) is 0 Å². The lowest BCUT2D eigenvalue weighted by Gasteiger charge is -2.16. The third kappa shape index (κ3) is 5.43. The maximum absolute atomic E-state index is 11.1. The van der Waals surface area contributed by atoms with Crippen LogP contribution in [0.3, 0.4) is 0 Å². The highest BCUT2D eigenvalue weighted by Gasteiger charge is 2.06. The van der Waals surface area contributed by atoms with Crippen LogP contribution in [0.5, 0.6) is 0 Å².